The molecule has 0 aliphatic heterocycles. The van der Waals surface area contributed by atoms with Gasteiger partial charge in [-0.1, -0.05) is 15.9 Å². The van der Waals surface area contributed by atoms with Crippen LogP contribution in [0.3, 0.4) is 0 Å². The van der Waals surface area contributed by atoms with Gasteiger partial charge in [0.15, 0.2) is 9.84 Å². The molecule has 0 amide bonds. The van der Waals surface area contributed by atoms with Gasteiger partial charge in [0.25, 0.3) is 0 Å². The molecule has 0 spiro atoms. The van der Waals surface area contributed by atoms with E-state index in [1.54, 1.807) is 6.07 Å². The first kappa shape index (κ1) is 14.6. The third kappa shape index (κ3) is 3.20. The summed E-state index contributed by atoms with van der Waals surface area (Å²) >= 11 is 3.13. The summed E-state index contributed by atoms with van der Waals surface area (Å²) in [5.74, 6) is -1.64. The number of halogens is 1. The average Bonchev–Trinajstić information content (AvgIpc) is 2.39. The van der Waals surface area contributed by atoms with E-state index in [-0.39, 0.29) is 16.3 Å². The van der Waals surface area contributed by atoms with E-state index in [4.69, 9.17) is 5.11 Å². The van der Waals surface area contributed by atoms with E-state index in [0.29, 0.717) is 4.47 Å². The van der Waals surface area contributed by atoms with Crippen molar-refractivity contribution in [2.45, 2.75) is 10.6 Å². The van der Waals surface area contributed by atoms with Gasteiger partial charge in [-0.25, -0.2) is 23.2 Å². The summed E-state index contributed by atoms with van der Waals surface area (Å²) < 4.78 is 25.1. The van der Waals surface area contributed by atoms with Crippen molar-refractivity contribution in [3.05, 3.63) is 52.5 Å². The molecule has 0 fully saturated rings. The topological polar surface area (TPSA) is 97.2 Å². The van der Waals surface area contributed by atoms with Gasteiger partial charge in [-0.15, -0.1) is 0 Å². The first-order chi connectivity index (χ1) is 9.40. The summed E-state index contributed by atoms with van der Waals surface area (Å²) in [6.45, 7) is 0. The van der Waals surface area contributed by atoms with Gasteiger partial charge in [-0.3, -0.25) is 0 Å². The van der Waals surface area contributed by atoms with Crippen molar-refractivity contribution in [2.75, 3.05) is 0 Å². The molecule has 2 aromatic rings. The van der Waals surface area contributed by atoms with Crippen LogP contribution in [-0.2, 0) is 15.6 Å². The van der Waals surface area contributed by atoms with Crippen LogP contribution in [0.25, 0.3) is 0 Å². The minimum Gasteiger partial charge on any atom is -0.478 e. The first-order valence-corrected chi connectivity index (χ1v) is 7.86. The van der Waals surface area contributed by atoms with Crippen LogP contribution in [0, 0.1) is 0 Å². The highest BCUT2D eigenvalue weighted by Crippen LogP contribution is 2.24. The van der Waals surface area contributed by atoms with E-state index in [2.05, 4.69) is 25.9 Å². The largest absolute Gasteiger partial charge is 0.478 e. The predicted octanol–water partition coefficient (Wildman–Crippen LogP) is 1.91. The Labute approximate surface area is 123 Å². The van der Waals surface area contributed by atoms with Crippen molar-refractivity contribution < 1.29 is 18.3 Å². The monoisotopic (exact) mass is 356 g/mol. The average molecular weight is 357 g/mol. The molecule has 0 saturated carbocycles. The van der Waals surface area contributed by atoms with Crippen molar-refractivity contribution in [1.29, 1.82) is 0 Å². The summed E-state index contributed by atoms with van der Waals surface area (Å²) in [6, 6.07) is 5.55. The molecular weight excluding hydrogens is 348 g/mol. The van der Waals surface area contributed by atoms with Gasteiger partial charge in [0, 0.05) is 16.9 Å². The van der Waals surface area contributed by atoms with Gasteiger partial charge in [0.2, 0.25) is 0 Å². The second kappa shape index (κ2) is 5.68. The molecule has 8 heteroatoms. The lowest BCUT2D eigenvalue weighted by molar-refractivity contribution is 0.0692. The molecule has 0 atom stereocenters. The lowest BCUT2D eigenvalue weighted by Crippen LogP contribution is -2.12. The molecule has 1 aromatic carbocycles. The number of sulfone groups is 1. The van der Waals surface area contributed by atoms with Crippen LogP contribution in [0.15, 0.2) is 46.0 Å². The second-order valence-corrected chi connectivity index (χ2v) is 6.74. The Morgan fingerprint density at radius 2 is 1.90 bits per heavy atom. The Hall–Kier alpha value is -1.80. The number of nitrogens with zero attached hydrogens (tertiary/aromatic N) is 2. The summed E-state index contributed by atoms with van der Waals surface area (Å²) in [4.78, 5) is 18.5. The fraction of sp³-hybridized carbons (Fsp3) is 0.0833. The molecule has 0 radical (unpaired) electrons. The van der Waals surface area contributed by atoms with Crippen molar-refractivity contribution in [3.63, 3.8) is 0 Å². The molecule has 0 aliphatic rings. The quantitative estimate of drug-likeness (QED) is 0.898. The van der Waals surface area contributed by atoms with Gasteiger partial charge in [-0.05, 0) is 24.3 Å². The van der Waals surface area contributed by atoms with Crippen LogP contribution >= 0.6 is 15.9 Å². The molecule has 1 heterocycles. The number of aromatic nitrogens is 2. The van der Waals surface area contributed by atoms with E-state index >= 15 is 0 Å². The van der Waals surface area contributed by atoms with Gasteiger partial charge < -0.3 is 5.11 Å². The van der Waals surface area contributed by atoms with E-state index < -0.39 is 21.6 Å². The fourth-order valence-electron chi connectivity index (χ4n) is 1.58. The van der Waals surface area contributed by atoms with E-state index in [1.807, 2.05) is 0 Å². The maximum Gasteiger partial charge on any atom is 0.337 e. The third-order valence-electron chi connectivity index (χ3n) is 2.45. The van der Waals surface area contributed by atoms with Crippen LogP contribution in [-0.4, -0.2) is 29.5 Å². The number of carboxylic acids is 1. The number of rotatable bonds is 4. The lowest BCUT2D eigenvalue weighted by atomic mass is 10.2. The standard InChI is InChI=1S/C12H9BrN2O4S/c13-8-2-3-9(12(16)17)10(6-8)20(18,19)7-11-14-4-1-5-15-11/h1-6H,7H2,(H,16,17). The highest BCUT2D eigenvalue weighted by atomic mass is 79.9. The van der Waals surface area contributed by atoms with Crippen molar-refractivity contribution in [2.24, 2.45) is 0 Å². The molecule has 104 valence electrons. The molecule has 0 saturated heterocycles. The highest BCUT2D eigenvalue weighted by Gasteiger charge is 2.24. The smallest absolute Gasteiger partial charge is 0.337 e. The number of hydrogen-bond donors (Lipinski definition) is 1. The molecule has 0 unspecified atom stereocenters. The zero-order valence-electron chi connectivity index (χ0n) is 10.0. The molecule has 1 aromatic heterocycles. The summed E-state index contributed by atoms with van der Waals surface area (Å²) in [7, 11) is -3.85. The normalized spacial score (nSPS) is 11.2. The Kier molecular flexibility index (Phi) is 4.15. The van der Waals surface area contributed by atoms with E-state index in [1.165, 1.54) is 30.6 Å². The molecular formula is C12H9BrN2O4S. The van der Waals surface area contributed by atoms with Crippen LogP contribution in [0.4, 0.5) is 0 Å². The van der Waals surface area contributed by atoms with Crippen LogP contribution in [0.1, 0.15) is 16.2 Å². The van der Waals surface area contributed by atoms with Crippen LogP contribution in [0.2, 0.25) is 0 Å². The maximum absolute atomic E-state index is 12.3. The summed E-state index contributed by atoms with van der Waals surface area (Å²) in [6.07, 6.45) is 2.85. The lowest BCUT2D eigenvalue weighted by Gasteiger charge is -2.07. The molecule has 6 nitrogen and oxygen atoms in total. The zero-order chi connectivity index (χ0) is 14.8. The summed E-state index contributed by atoms with van der Waals surface area (Å²) in [5, 5.41) is 9.07. The molecule has 0 bridgehead atoms. The van der Waals surface area contributed by atoms with E-state index in [0.717, 1.165) is 0 Å². The number of aromatic carboxylic acids is 1. The van der Waals surface area contributed by atoms with Gasteiger partial charge in [-0.2, -0.15) is 0 Å². The van der Waals surface area contributed by atoms with Crippen LogP contribution in [0.5, 0.6) is 0 Å². The molecule has 0 aliphatic carbocycles. The molecule has 2 rings (SSSR count). The first-order valence-electron chi connectivity index (χ1n) is 5.41. The Morgan fingerprint density at radius 3 is 2.50 bits per heavy atom. The van der Waals surface area contributed by atoms with Gasteiger partial charge in [0.05, 0.1) is 10.5 Å². The Balaban J connectivity index is 2.49. The van der Waals surface area contributed by atoms with Gasteiger partial charge >= 0.3 is 5.97 Å². The zero-order valence-corrected chi connectivity index (χ0v) is 12.4. The molecule has 20 heavy (non-hydrogen) atoms. The number of benzene rings is 1. The minimum absolute atomic E-state index is 0.115. The van der Waals surface area contributed by atoms with Crippen LogP contribution < -0.4 is 0 Å². The third-order valence-corrected chi connectivity index (χ3v) is 4.59. The fourth-order valence-corrected chi connectivity index (χ4v) is 3.54. The van der Waals surface area contributed by atoms with E-state index in [9.17, 15) is 13.2 Å². The predicted molar refractivity (Wildman–Crippen MR) is 74.0 cm³/mol. The number of hydrogen-bond acceptors (Lipinski definition) is 5. The number of carbonyl (C=O) groups is 1. The minimum atomic E-state index is -3.85. The van der Waals surface area contributed by atoms with Crippen molar-refractivity contribution >= 4 is 31.7 Å². The highest BCUT2D eigenvalue weighted by molar-refractivity contribution is 9.10. The van der Waals surface area contributed by atoms with Gasteiger partial charge in [0.1, 0.15) is 11.6 Å². The maximum atomic E-state index is 12.3. The summed E-state index contributed by atoms with van der Waals surface area (Å²) in [5.41, 5.74) is -0.274. The Bertz CT molecular complexity index is 747. The molecule has 1 N–H and O–H groups in total. The van der Waals surface area contributed by atoms with Crippen molar-refractivity contribution in [3.8, 4) is 0 Å². The second-order valence-electron chi connectivity index (χ2n) is 3.87. The Morgan fingerprint density at radius 1 is 1.25 bits per heavy atom. The van der Waals surface area contributed by atoms with Crippen molar-refractivity contribution in [1.82, 2.24) is 9.97 Å². The number of carboxylic acid groups (broad SMARTS) is 1. The SMILES string of the molecule is O=C(O)c1ccc(Br)cc1S(=O)(=O)Cc1ncccn1.